The van der Waals surface area contributed by atoms with E-state index >= 15 is 0 Å². The number of anilines is 1. The van der Waals surface area contributed by atoms with E-state index in [0.29, 0.717) is 22.8 Å². The average molecular weight is 406 g/mol. The van der Waals surface area contributed by atoms with Gasteiger partial charge in [0.15, 0.2) is 17.2 Å². The van der Waals surface area contributed by atoms with Gasteiger partial charge in [-0.15, -0.1) is 0 Å². The fourth-order valence-corrected chi connectivity index (χ4v) is 2.59. The van der Waals surface area contributed by atoms with Crippen molar-refractivity contribution in [3.05, 3.63) is 71.1 Å². The number of aryl methyl sites for hydroxylation is 1. The molecule has 0 aliphatic carbocycles. The van der Waals surface area contributed by atoms with E-state index in [1.807, 2.05) is 0 Å². The van der Waals surface area contributed by atoms with Crippen LogP contribution in [0.2, 0.25) is 0 Å². The molecule has 0 spiro atoms. The summed E-state index contributed by atoms with van der Waals surface area (Å²) in [5, 5.41) is 6.12. The van der Waals surface area contributed by atoms with Gasteiger partial charge in [-0.05, 0) is 37.3 Å². The van der Waals surface area contributed by atoms with E-state index in [4.69, 9.17) is 14.0 Å². The largest absolute Gasteiger partial charge is 0.493 e. The fourth-order valence-electron chi connectivity index (χ4n) is 2.59. The molecule has 0 atom stereocenters. The molecule has 1 aromatic heterocycles. The van der Waals surface area contributed by atoms with Gasteiger partial charge in [0.2, 0.25) is 0 Å². The SMILES string of the molecule is COc1ccccc1OCc1c(C(=O)Nc2cccc(C(F)(F)F)c2)noc1C. The van der Waals surface area contributed by atoms with Crippen molar-refractivity contribution in [3.8, 4) is 11.5 Å². The molecule has 0 bridgehead atoms. The molecule has 0 fully saturated rings. The van der Waals surface area contributed by atoms with Gasteiger partial charge in [0.1, 0.15) is 12.4 Å². The molecule has 3 aromatic rings. The summed E-state index contributed by atoms with van der Waals surface area (Å²) >= 11 is 0. The van der Waals surface area contributed by atoms with Gasteiger partial charge in [0, 0.05) is 5.69 Å². The molecule has 9 heteroatoms. The van der Waals surface area contributed by atoms with E-state index in [1.54, 1.807) is 31.2 Å². The molecule has 0 saturated carbocycles. The van der Waals surface area contributed by atoms with Crippen molar-refractivity contribution < 1.29 is 32.0 Å². The molecule has 1 amide bonds. The van der Waals surface area contributed by atoms with Crippen LogP contribution in [0.4, 0.5) is 18.9 Å². The lowest BCUT2D eigenvalue weighted by Gasteiger charge is -2.11. The highest BCUT2D eigenvalue weighted by Crippen LogP contribution is 2.31. The molecule has 0 aliphatic rings. The number of halogens is 3. The summed E-state index contributed by atoms with van der Waals surface area (Å²) in [6, 6.07) is 11.3. The zero-order chi connectivity index (χ0) is 21.0. The zero-order valence-electron chi connectivity index (χ0n) is 15.5. The van der Waals surface area contributed by atoms with Crippen molar-refractivity contribution in [2.45, 2.75) is 19.7 Å². The van der Waals surface area contributed by atoms with Crippen molar-refractivity contribution >= 4 is 11.6 Å². The minimum absolute atomic E-state index is 0.0120. The lowest BCUT2D eigenvalue weighted by molar-refractivity contribution is -0.137. The molecule has 1 heterocycles. The molecule has 2 aromatic carbocycles. The Morgan fingerprint density at radius 3 is 2.55 bits per heavy atom. The van der Waals surface area contributed by atoms with Crippen molar-refractivity contribution in [2.24, 2.45) is 0 Å². The van der Waals surface area contributed by atoms with Crippen LogP contribution in [0.1, 0.15) is 27.4 Å². The summed E-state index contributed by atoms with van der Waals surface area (Å²) in [6.45, 7) is 1.57. The Morgan fingerprint density at radius 2 is 1.86 bits per heavy atom. The molecule has 1 N–H and O–H groups in total. The number of nitrogens with one attached hydrogen (secondary N) is 1. The van der Waals surface area contributed by atoms with Gasteiger partial charge < -0.3 is 19.3 Å². The Morgan fingerprint density at radius 1 is 1.14 bits per heavy atom. The molecule has 29 heavy (non-hydrogen) atoms. The normalized spacial score (nSPS) is 11.2. The van der Waals surface area contributed by atoms with Crippen LogP contribution in [0.3, 0.4) is 0 Å². The number of methoxy groups -OCH3 is 1. The number of hydrogen-bond donors (Lipinski definition) is 1. The summed E-state index contributed by atoms with van der Waals surface area (Å²) in [7, 11) is 1.50. The van der Waals surface area contributed by atoms with E-state index in [1.165, 1.54) is 19.2 Å². The fraction of sp³-hybridized carbons (Fsp3) is 0.200. The summed E-state index contributed by atoms with van der Waals surface area (Å²) in [4.78, 5) is 12.5. The van der Waals surface area contributed by atoms with Crippen molar-refractivity contribution in [1.82, 2.24) is 5.16 Å². The number of aromatic nitrogens is 1. The first-order chi connectivity index (χ1) is 13.8. The third-order valence-corrected chi connectivity index (χ3v) is 4.09. The number of para-hydroxylation sites is 2. The average Bonchev–Trinajstić information content (AvgIpc) is 3.06. The first-order valence-corrected chi connectivity index (χ1v) is 8.49. The summed E-state index contributed by atoms with van der Waals surface area (Å²) in [5.74, 6) is 0.616. The lowest BCUT2D eigenvalue weighted by Crippen LogP contribution is -2.16. The second-order valence-electron chi connectivity index (χ2n) is 6.04. The molecule has 6 nitrogen and oxygen atoms in total. The van der Waals surface area contributed by atoms with Crippen LogP contribution in [0.15, 0.2) is 53.1 Å². The minimum Gasteiger partial charge on any atom is -0.493 e. The highest BCUT2D eigenvalue weighted by atomic mass is 19.4. The standard InChI is InChI=1S/C20H17F3N2O4/c1-12-15(11-28-17-9-4-3-8-16(17)27-2)18(25-29-12)19(26)24-14-7-5-6-13(10-14)20(21,22)23/h3-10H,11H2,1-2H3,(H,24,26). The first-order valence-electron chi connectivity index (χ1n) is 8.49. The van der Waals surface area contributed by atoms with Gasteiger partial charge in [-0.3, -0.25) is 4.79 Å². The van der Waals surface area contributed by atoms with E-state index in [0.717, 1.165) is 12.1 Å². The van der Waals surface area contributed by atoms with Gasteiger partial charge in [0.05, 0.1) is 18.2 Å². The van der Waals surface area contributed by atoms with Crippen LogP contribution in [0.5, 0.6) is 11.5 Å². The highest BCUT2D eigenvalue weighted by molar-refractivity contribution is 6.03. The number of hydrogen-bond acceptors (Lipinski definition) is 5. The van der Waals surface area contributed by atoms with Gasteiger partial charge >= 0.3 is 6.18 Å². The smallest absolute Gasteiger partial charge is 0.416 e. The third kappa shape index (κ3) is 4.68. The Kier molecular flexibility index (Phi) is 5.76. The molecule has 0 unspecified atom stereocenters. The quantitative estimate of drug-likeness (QED) is 0.634. The van der Waals surface area contributed by atoms with E-state index in [9.17, 15) is 18.0 Å². The maximum atomic E-state index is 12.9. The first kappa shape index (κ1) is 20.2. The minimum atomic E-state index is -4.51. The van der Waals surface area contributed by atoms with Crippen molar-refractivity contribution in [2.75, 3.05) is 12.4 Å². The second kappa shape index (κ2) is 8.26. The second-order valence-corrected chi connectivity index (χ2v) is 6.04. The number of carbonyl (C=O) groups excluding carboxylic acids is 1. The van der Waals surface area contributed by atoms with E-state index in [2.05, 4.69) is 10.5 Å². The van der Waals surface area contributed by atoms with Crippen LogP contribution in [0.25, 0.3) is 0 Å². The molecule has 0 radical (unpaired) electrons. The molecule has 0 saturated heterocycles. The summed E-state index contributed by atoms with van der Waals surface area (Å²) in [6.07, 6.45) is -4.51. The Labute approximate surface area is 164 Å². The van der Waals surface area contributed by atoms with Crippen LogP contribution in [0, 0.1) is 6.92 Å². The molecular formula is C20H17F3N2O4. The number of benzene rings is 2. The molecule has 3 rings (SSSR count). The van der Waals surface area contributed by atoms with E-state index in [-0.39, 0.29) is 18.0 Å². The van der Waals surface area contributed by atoms with E-state index < -0.39 is 17.6 Å². The number of alkyl halides is 3. The lowest BCUT2D eigenvalue weighted by atomic mass is 10.1. The Balaban J connectivity index is 1.77. The summed E-state index contributed by atoms with van der Waals surface area (Å²) < 4.78 is 54.5. The Hall–Kier alpha value is -3.49. The van der Waals surface area contributed by atoms with Gasteiger partial charge in [-0.25, -0.2) is 0 Å². The predicted molar refractivity (Wildman–Crippen MR) is 98.0 cm³/mol. The topological polar surface area (TPSA) is 73.6 Å². The maximum absolute atomic E-state index is 12.9. The predicted octanol–water partition coefficient (Wildman–Crippen LogP) is 4.84. The van der Waals surface area contributed by atoms with Crippen LogP contribution in [-0.4, -0.2) is 18.2 Å². The monoisotopic (exact) mass is 406 g/mol. The van der Waals surface area contributed by atoms with Gasteiger partial charge in [-0.1, -0.05) is 23.4 Å². The van der Waals surface area contributed by atoms with Crippen molar-refractivity contribution in [3.63, 3.8) is 0 Å². The number of carbonyl (C=O) groups is 1. The zero-order valence-corrected chi connectivity index (χ0v) is 15.5. The van der Waals surface area contributed by atoms with Crippen molar-refractivity contribution in [1.29, 1.82) is 0 Å². The van der Waals surface area contributed by atoms with Crippen LogP contribution >= 0.6 is 0 Å². The van der Waals surface area contributed by atoms with Crippen LogP contribution in [-0.2, 0) is 12.8 Å². The molecule has 0 aliphatic heterocycles. The number of nitrogens with zero attached hydrogens (tertiary/aromatic N) is 1. The van der Waals surface area contributed by atoms with Gasteiger partial charge in [0.25, 0.3) is 5.91 Å². The van der Waals surface area contributed by atoms with Crippen LogP contribution < -0.4 is 14.8 Å². The Bertz CT molecular complexity index is 1010. The number of rotatable bonds is 6. The molecular weight excluding hydrogens is 389 g/mol. The third-order valence-electron chi connectivity index (χ3n) is 4.09. The van der Waals surface area contributed by atoms with Gasteiger partial charge in [-0.2, -0.15) is 13.2 Å². The highest BCUT2D eigenvalue weighted by Gasteiger charge is 2.30. The maximum Gasteiger partial charge on any atom is 0.416 e. The molecule has 152 valence electrons. The number of ether oxygens (including phenoxy) is 2. The number of amides is 1. The summed E-state index contributed by atoms with van der Waals surface area (Å²) in [5.41, 5.74) is -0.580.